The molecule has 0 radical (unpaired) electrons. The normalized spacial score (nSPS) is 14.4. The van der Waals surface area contributed by atoms with Crippen molar-refractivity contribution in [2.45, 2.75) is 30.5 Å². The molecule has 0 fully saturated rings. The van der Waals surface area contributed by atoms with Crippen molar-refractivity contribution >= 4 is 10.0 Å². The summed E-state index contributed by atoms with van der Waals surface area (Å²) in [5, 5.41) is 8.91. The van der Waals surface area contributed by atoms with Crippen LogP contribution in [-0.2, 0) is 16.2 Å². The van der Waals surface area contributed by atoms with E-state index in [1.807, 2.05) is 0 Å². The number of alkyl halides is 3. The summed E-state index contributed by atoms with van der Waals surface area (Å²) < 4.78 is 63.3. The Morgan fingerprint density at radius 1 is 1.37 bits per heavy atom. The standard InChI is InChI=1S/C11H14F3NO3S/c1-2-9(7-16)15-19(17,18)10-5-3-4-8(6-10)11(12,13)14/h3-6,9,15-16H,2,7H2,1H3/t9-/m0/s1. The fraction of sp³-hybridized carbons (Fsp3) is 0.455. The Balaban J connectivity index is 3.09. The molecule has 0 heterocycles. The third-order valence-electron chi connectivity index (χ3n) is 2.51. The van der Waals surface area contributed by atoms with Crippen LogP contribution < -0.4 is 4.72 Å². The van der Waals surface area contributed by atoms with Crippen molar-refractivity contribution in [1.29, 1.82) is 0 Å². The van der Waals surface area contributed by atoms with Crippen LogP contribution in [0.2, 0.25) is 0 Å². The van der Waals surface area contributed by atoms with Gasteiger partial charge in [-0.15, -0.1) is 0 Å². The smallest absolute Gasteiger partial charge is 0.395 e. The van der Waals surface area contributed by atoms with Crippen LogP contribution in [0.15, 0.2) is 29.2 Å². The Labute approximate surface area is 109 Å². The van der Waals surface area contributed by atoms with Gasteiger partial charge >= 0.3 is 6.18 Å². The largest absolute Gasteiger partial charge is 0.416 e. The van der Waals surface area contributed by atoms with Crippen molar-refractivity contribution < 1.29 is 26.7 Å². The number of hydrogen-bond acceptors (Lipinski definition) is 3. The van der Waals surface area contributed by atoms with Crippen LogP contribution in [0, 0.1) is 0 Å². The maximum Gasteiger partial charge on any atom is 0.416 e. The van der Waals surface area contributed by atoms with E-state index in [2.05, 4.69) is 4.72 Å². The van der Waals surface area contributed by atoms with Gasteiger partial charge < -0.3 is 5.11 Å². The Kier molecular flexibility index (Phi) is 4.94. The van der Waals surface area contributed by atoms with E-state index in [4.69, 9.17) is 5.11 Å². The zero-order chi connectivity index (χ0) is 14.7. The fourth-order valence-corrected chi connectivity index (χ4v) is 2.73. The molecule has 2 N–H and O–H groups in total. The van der Waals surface area contributed by atoms with Gasteiger partial charge in [-0.25, -0.2) is 13.1 Å². The van der Waals surface area contributed by atoms with Gasteiger partial charge in [0, 0.05) is 6.04 Å². The Bertz CT molecular complexity index is 524. The van der Waals surface area contributed by atoms with Gasteiger partial charge in [0.05, 0.1) is 17.1 Å². The fourth-order valence-electron chi connectivity index (χ4n) is 1.38. The number of hydrogen-bond donors (Lipinski definition) is 2. The molecule has 0 unspecified atom stereocenters. The number of rotatable bonds is 5. The zero-order valence-electron chi connectivity index (χ0n) is 10.1. The van der Waals surface area contributed by atoms with Gasteiger partial charge in [0.1, 0.15) is 0 Å². The quantitative estimate of drug-likeness (QED) is 0.870. The summed E-state index contributed by atoms with van der Waals surface area (Å²) in [4.78, 5) is -0.478. The van der Waals surface area contributed by atoms with Crippen molar-refractivity contribution in [2.24, 2.45) is 0 Å². The molecule has 1 rings (SSSR count). The Morgan fingerprint density at radius 2 is 2.00 bits per heavy atom. The second-order valence-electron chi connectivity index (χ2n) is 3.93. The lowest BCUT2D eigenvalue weighted by Crippen LogP contribution is -2.36. The minimum atomic E-state index is -4.60. The van der Waals surface area contributed by atoms with E-state index >= 15 is 0 Å². The molecule has 0 amide bonds. The molecule has 19 heavy (non-hydrogen) atoms. The molecule has 1 aromatic carbocycles. The highest BCUT2D eigenvalue weighted by Crippen LogP contribution is 2.30. The second-order valence-corrected chi connectivity index (χ2v) is 5.65. The second kappa shape index (κ2) is 5.89. The molecule has 4 nitrogen and oxygen atoms in total. The molecule has 0 spiro atoms. The summed E-state index contributed by atoms with van der Waals surface area (Å²) in [6, 6.07) is 2.73. The summed E-state index contributed by atoms with van der Waals surface area (Å²) in [5.41, 5.74) is -1.03. The lowest BCUT2D eigenvalue weighted by Gasteiger charge is -2.15. The van der Waals surface area contributed by atoms with Gasteiger partial charge in [-0.1, -0.05) is 13.0 Å². The average molecular weight is 297 g/mol. The molecule has 0 aliphatic rings. The number of benzene rings is 1. The highest BCUT2D eigenvalue weighted by Gasteiger charge is 2.31. The molecule has 0 aliphatic carbocycles. The van der Waals surface area contributed by atoms with Gasteiger partial charge in [0.2, 0.25) is 10.0 Å². The van der Waals surface area contributed by atoms with Crippen LogP contribution in [-0.4, -0.2) is 26.2 Å². The van der Waals surface area contributed by atoms with Crippen LogP contribution >= 0.6 is 0 Å². The highest BCUT2D eigenvalue weighted by molar-refractivity contribution is 7.89. The van der Waals surface area contributed by atoms with Gasteiger partial charge in [-0.2, -0.15) is 13.2 Å². The number of aliphatic hydroxyl groups excluding tert-OH is 1. The first kappa shape index (κ1) is 15.9. The molecule has 0 aromatic heterocycles. The summed E-state index contributed by atoms with van der Waals surface area (Å²) in [6.45, 7) is 1.23. The zero-order valence-corrected chi connectivity index (χ0v) is 10.9. The van der Waals surface area contributed by atoms with Crippen LogP contribution in [0.3, 0.4) is 0 Å². The minimum absolute atomic E-state index is 0.328. The van der Waals surface area contributed by atoms with Crippen molar-refractivity contribution in [3.05, 3.63) is 29.8 Å². The summed E-state index contributed by atoms with van der Waals surface area (Å²) >= 11 is 0. The maximum atomic E-state index is 12.5. The van der Waals surface area contributed by atoms with Crippen LogP contribution in [0.1, 0.15) is 18.9 Å². The van der Waals surface area contributed by atoms with Crippen LogP contribution in [0.5, 0.6) is 0 Å². The first-order valence-corrected chi connectivity index (χ1v) is 6.99. The molecule has 0 saturated carbocycles. The molecular formula is C11H14F3NO3S. The molecular weight excluding hydrogens is 283 g/mol. The SMILES string of the molecule is CC[C@@H](CO)NS(=O)(=O)c1cccc(C(F)(F)F)c1. The molecule has 0 saturated heterocycles. The van der Waals surface area contributed by atoms with E-state index in [0.29, 0.717) is 12.5 Å². The lowest BCUT2D eigenvalue weighted by atomic mass is 10.2. The topological polar surface area (TPSA) is 66.4 Å². The van der Waals surface area contributed by atoms with Gasteiger partial charge in [-0.05, 0) is 24.6 Å². The average Bonchev–Trinajstić information content (AvgIpc) is 2.35. The van der Waals surface area contributed by atoms with Crippen molar-refractivity contribution in [1.82, 2.24) is 4.72 Å². The van der Waals surface area contributed by atoms with Crippen molar-refractivity contribution in [3.63, 3.8) is 0 Å². The van der Waals surface area contributed by atoms with E-state index in [9.17, 15) is 21.6 Å². The molecule has 1 atom stereocenters. The first-order chi connectivity index (χ1) is 8.70. The maximum absolute atomic E-state index is 12.5. The number of aliphatic hydroxyl groups is 1. The predicted octanol–water partition coefficient (Wildman–Crippen LogP) is 1.75. The number of halogens is 3. The summed E-state index contributed by atoms with van der Waals surface area (Å²) in [5.74, 6) is 0. The van der Waals surface area contributed by atoms with E-state index < -0.39 is 39.3 Å². The first-order valence-electron chi connectivity index (χ1n) is 5.51. The van der Waals surface area contributed by atoms with Gasteiger partial charge in [0.25, 0.3) is 0 Å². The molecule has 8 heteroatoms. The van der Waals surface area contributed by atoms with Crippen molar-refractivity contribution in [2.75, 3.05) is 6.61 Å². The predicted molar refractivity (Wildman–Crippen MR) is 62.9 cm³/mol. The molecule has 1 aromatic rings. The van der Waals surface area contributed by atoms with Crippen LogP contribution in [0.25, 0.3) is 0 Å². The van der Waals surface area contributed by atoms with E-state index in [1.54, 1.807) is 6.92 Å². The Morgan fingerprint density at radius 3 is 2.47 bits per heavy atom. The Hall–Kier alpha value is -1.12. The number of nitrogens with one attached hydrogen (secondary N) is 1. The minimum Gasteiger partial charge on any atom is -0.395 e. The molecule has 108 valence electrons. The van der Waals surface area contributed by atoms with E-state index in [0.717, 1.165) is 18.2 Å². The van der Waals surface area contributed by atoms with Crippen molar-refractivity contribution in [3.8, 4) is 0 Å². The molecule has 0 aliphatic heterocycles. The highest BCUT2D eigenvalue weighted by atomic mass is 32.2. The monoisotopic (exact) mass is 297 g/mol. The van der Waals surface area contributed by atoms with Crippen LogP contribution in [0.4, 0.5) is 13.2 Å². The molecule has 0 bridgehead atoms. The number of sulfonamides is 1. The summed E-state index contributed by atoms with van der Waals surface area (Å²) in [7, 11) is -4.08. The third kappa shape index (κ3) is 4.19. The van der Waals surface area contributed by atoms with E-state index in [1.165, 1.54) is 0 Å². The summed E-state index contributed by atoms with van der Waals surface area (Å²) in [6.07, 6.45) is -4.28. The lowest BCUT2D eigenvalue weighted by molar-refractivity contribution is -0.137. The van der Waals surface area contributed by atoms with Gasteiger partial charge in [-0.3, -0.25) is 0 Å². The third-order valence-corrected chi connectivity index (χ3v) is 4.02. The van der Waals surface area contributed by atoms with Gasteiger partial charge in [0.15, 0.2) is 0 Å². The van der Waals surface area contributed by atoms with E-state index in [-0.39, 0.29) is 0 Å².